The number of primary amides is 1. The molecule has 1 aromatic carbocycles. The van der Waals surface area contributed by atoms with E-state index in [0.29, 0.717) is 6.54 Å². The van der Waals surface area contributed by atoms with Crippen LogP contribution in [0, 0.1) is 5.92 Å². The Morgan fingerprint density at radius 2 is 2.21 bits per heavy atom. The van der Waals surface area contributed by atoms with Crippen molar-refractivity contribution >= 4 is 27.5 Å². The Morgan fingerprint density at radius 3 is 2.79 bits per heavy atom. The van der Waals surface area contributed by atoms with Crippen molar-refractivity contribution < 1.29 is 4.79 Å². The second kappa shape index (κ2) is 5.00. The Bertz CT molecular complexity index is 328. The predicted octanol–water partition coefficient (Wildman–Crippen LogP) is 1.98. The van der Waals surface area contributed by atoms with Gasteiger partial charge in [-0.25, -0.2) is 0 Å². The number of hydrogen-bond acceptors (Lipinski definition) is 2. The molecule has 0 radical (unpaired) electrons. The lowest BCUT2D eigenvalue weighted by atomic mass is 10.1. The van der Waals surface area contributed by atoms with E-state index in [4.69, 9.17) is 5.73 Å². The van der Waals surface area contributed by atoms with E-state index in [1.807, 2.05) is 24.3 Å². The van der Waals surface area contributed by atoms with E-state index in [1.54, 1.807) is 6.92 Å². The first-order valence-corrected chi connectivity index (χ1v) is 5.18. The van der Waals surface area contributed by atoms with Crippen molar-refractivity contribution in [2.75, 3.05) is 11.9 Å². The van der Waals surface area contributed by atoms with Crippen LogP contribution in [0.25, 0.3) is 0 Å². The average Bonchev–Trinajstić information content (AvgIpc) is 2.16. The van der Waals surface area contributed by atoms with Gasteiger partial charge in [-0.2, -0.15) is 0 Å². The molecular weight excluding hydrogens is 244 g/mol. The zero-order chi connectivity index (χ0) is 10.6. The summed E-state index contributed by atoms with van der Waals surface area (Å²) >= 11 is 3.40. The van der Waals surface area contributed by atoms with E-state index >= 15 is 0 Å². The highest BCUT2D eigenvalue weighted by atomic mass is 79.9. The molecule has 1 rings (SSSR count). The zero-order valence-corrected chi connectivity index (χ0v) is 9.54. The molecule has 4 heteroatoms. The van der Waals surface area contributed by atoms with Crippen LogP contribution in [-0.4, -0.2) is 12.5 Å². The van der Waals surface area contributed by atoms with Crippen LogP contribution in [-0.2, 0) is 4.79 Å². The molecule has 0 saturated heterocycles. The number of hydrogen-bond donors (Lipinski definition) is 2. The van der Waals surface area contributed by atoms with E-state index in [-0.39, 0.29) is 11.8 Å². The van der Waals surface area contributed by atoms with Crippen LogP contribution in [0.1, 0.15) is 6.92 Å². The number of nitrogens with two attached hydrogens (primary N) is 1. The van der Waals surface area contributed by atoms with Crippen molar-refractivity contribution in [3.05, 3.63) is 28.7 Å². The molecule has 1 atom stereocenters. The molecule has 0 spiro atoms. The lowest BCUT2D eigenvalue weighted by Crippen LogP contribution is -2.26. The van der Waals surface area contributed by atoms with E-state index in [1.165, 1.54) is 0 Å². The maximum absolute atomic E-state index is 10.8. The number of benzene rings is 1. The van der Waals surface area contributed by atoms with Crippen LogP contribution < -0.4 is 11.1 Å². The molecule has 0 heterocycles. The minimum Gasteiger partial charge on any atom is -0.383 e. The lowest BCUT2D eigenvalue weighted by molar-refractivity contribution is -0.120. The summed E-state index contributed by atoms with van der Waals surface area (Å²) in [7, 11) is 0. The summed E-state index contributed by atoms with van der Waals surface area (Å²) in [4.78, 5) is 10.8. The van der Waals surface area contributed by atoms with Gasteiger partial charge in [0.25, 0.3) is 0 Å². The summed E-state index contributed by atoms with van der Waals surface area (Å²) in [6.07, 6.45) is 0. The third kappa shape index (κ3) is 3.03. The normalized spacial score (nSPS) is 12.1. The standard InChI is InChI=1S/C10H13BrN2O/c1-7(10(12)14)6-13-9-5-3-2-4-8(9)11/h2-5,7,13H,6H2,1H3,(H2,12,14). The molecule has 0 aliphatic heterocycles. The molecule has 1 unspecified atom stereocenters. The maximum Gasteiger partial charge on any atom is 0.222 e. The third-order valence-corrected chi connectivity index (χ3v) is 2.65. The molecule has 14 heavy (non-hydrogen) atoms. The predicted molar refractivity (Wildman–Crippen MR) is 61.0 cm³/mol. The second-order valence-corrected chi connectivity index (χ2v) is 4.02. The Balaban J connectivity index is 2.54. The average molecular weight is 257 g/mol. The fourth-order valence-corrected chi connectivity index (χ4v) is 1.39. The van der Waals surface area contributed by atoms with Gasteiger partial charge >= 0.3 is 0 Å². The molecule has 0 aromatic heterocycles. The number of nitrogens with one attached hydrogen (secondary N) is 1. The molecule has 0 bridgehead atoms. The van der Waals surface area contributed by atoms with Gasteiger partial charge in [-0.1, -0.05) is 19.1 Å². The Labute approximate surface area is 91.8 Å². The van der Waals surface area contributed by atoms with Crippen molar-refractivity contribution in [1.29, 1.82) is 0 Å². The fourth-order valence-electron chi connectivity index (χ4n) is 0.968. The van der Waals surface area contributed by atoms with Crippen LogP contribution >= 0.6 is 15.9 Å². The van der Waals surface area contributed by atoms with Crippen LogP contribution in [0.4, 0.5) is 5.69 Å². The molecule has 0 aliphatic rings. The Kier molecular flexibility index (Phi) is 3.95. The molecule has 1 amide bonds. The zero-order valence-electron chi connectivity index (χ0n) is 7.96. The third-order valence-electron chi connectivity index (χ3n) is 1.96. The summed E-state index contributed by atoms with van der Waals surface area (Å²) in [6, 6.07) is 7.75. The minimum absolute atomic E-state index is 0.165. The van der Waals surface area contributed by atoms with Gasteiger partial charge < -0.3 is 11.1 Å². The summed E-state index contributed by atoms with van der Waals surface area (Å²) in [5, 5.41) is 3.15. The highest BCUT2D eigenvalue weighted by Gasteiger charge is 2.08. The van der Waals surface area contributed by atoms with Gasteiger partial charge in [0.05, 0.1) is 5.92 Å². The van der Waals surface area contributed by atoms with E-state index in [2.05, 4.69) is 21.2 Å². The summed E-state index contributed by atoms with van der Waals surface area (Å²) in [5.74, 6) is -0.452. The molecule has 3 nitrogen and oxygen atoms in total. The second-order valence-electron chi connectivity index (χ2n) is 3.16. The van der Waals surface area contributed by atoms with Crippen molar-refractivity contribution in [2.24, 2.45) is 11.7 Å². The summed E-state index contributed by atoms with van der Waals surface area (Å²) in [6.45, 7) is 2.35. The molecule has 3 N–H and O–H groups in total. The number of halogens is 1. The SMILES string of the molecule is CC(CNc1ccccc1Br)C(N)=O. The molecule has 0 fully saturated rings. The number of para-hydroxylation sites is 1. The first kappa shape index (κ1) is 11.0. The van der Waals surface area contributed by atoms with Crippen molar-refractivity contribution in [1.82, 2.24) is 0 Å². The van der Waals surface area contributed by atoms with Gasteiger partial charge in [0.1, 0.15) is 0 Å². The van der Waals surface area contributed by atoms with Gasteiger partial charge in [0.2, 0.25) is 5.91 Å². The van der Waals surface area contributed by atoms with E-state index < -0.39 is 0 Å². The number of carbonyl (C=O) groups is 1. The van der Waals surface area contributed by atoms with Crippen molar-refractivity contribution in [3.8, 4) is 0 Å². The summed E-state index contributed by atoms with van der Waals surface area (Å²) in [5.41, 5.74) is 6.12. The van der Waals surface area contributed by atoms with Gasteiger partial charge in [0, 0.05) is 16.7 Å². The minimum atomic E-state index is -0.287. The molecule has 0 aliphatic carbocycles. The van der Waals surface area contributed by atoms with Crippen LogP contribution in [0.15, 0.2) is 28.7 Å². The Morgan fingerprint density at radius 1 is 1.57 bits per heavy atom. The van der Waals surface area contributed by atoms with Crippen molar-refractivity contribution in [3.63, 3.8) is 0 Å². The maximum atomic E-state index is 10.8. The van der Waals surface area contributed by atoms with Gasteiger partial charge in [-0.15, -0.1) is 0 Å². The monoisotopic (exact) mass is 256 g/mol. The number of carbonyl (C=O) groups excluding carboxylic acids is 1. The van der Waals surface area contributed by atoms with Crippen LogP contribution in [0.5, 0.6) is 0 Å². The van der Waals surface area contributed by atoms with Crippen molar-refractivity contribution in [2.45, 2.75) is 6.92 Å². The topological polar surface area (TPSA) is 55.1 Å². The van der Waals surface area contributed by atoms with Crippen LogP contribution in [0.2, 0.25) is 0 Å². The van der Waals surface area contributed by atoms with Crippen LogP contribution in [0.3, 0.4) is 0 Å². The lowest BCUT2D eigenvalue weighted by Gasteiger charge is -2.11. The largest absolute Gasteiger partial charge is 0.383 e. The fraction of sp³-hybridized carbons (Fsp3) is 0.300. The quantitative estimate of drug-likeness (QED) is 0.866. The number of anilines is 1. The molecular formula is C10H13BrN2O. The summed E-state index contributed by atoms with van der Waals surface area (Å²) < 4.78 is 0.983. The molecule has 1 aromatic rings. The smallest absolute Gasteiger partial charge is 0.222 e. The van der Waals surface area contributed by atoms with E-state index in [9.17, 15) is 4.79 Å². The van der Waals surface area contributed by atoms with Gasteiger partial charge in [-0.05, 0) is 28.1 Å². The molecule has 76 valence electrons. The van der Waals surface area contributed by atoms with E-state index in [0.717, 1.165) is 10.2 Å². The first-order valence-electron chi connectivity index (χ1n) is 4.39. The highest BCUT2D eigenvalue weighted by Crippen LogP contribution is 2.21. The molecule has 0 saturated carbocycles. The number of amides is 1. The Hall–Kier alpha value is -1.03. The first-order chi connectivity index (χ1) is 6.61. The van der Waals surface area contributed by atoms with Gasteiger partial charge in [0.15, 0.2) is 0 Å². The van der Waals surface area contributed by atoms with Gasteiger partial charge in [-0.3, -0.25) is 4.79 Å². The highest BCUT2D eigenvalue weighted by molar-refractivity contribution is 9.10. The number of rotatable bonds is 4.